The van der Waals surface area contributed by atoms with Crippen molar-refractivity contribution >= 4 is 11.9 Å². The number of benzene rings is 1. The summed E-state index contributed by atoms with van der Waals surface area (Å²) in [6, 6.07) is 8.46. The van der Waals surface area contributed by atoms with E-state index in [4.69, 9.17) is 0 Å². The molecule has 0 saturated heterocycles. The van der Waals surface area contributed by atoms with Crippen molar-refractivity contribution in [3.63, 3.8) is 0 Å². The van der Waals surface area contributed by atoms with Crippen molar-refractivity contribution in [1.29, 1.82) is 0 Å². The normalized spacial score (nSPS) is 13.7. The lowest BCUT2D eigenvalue weighted by atomic mass is 9.94. The topological polar surface area (TPSA) is 66.9 Å². The van der Waals surface area contributed by atoms with E-state index in [1.54, 1.807) is 6.20 Å². The number of carbonyl (C=O) groups is 1. The highest BCUT2D eigenvalue weighted by Gasteiger charge is 2.24. The average Bonchev–Trinajstić information content (AvgIpc) is 2.79. The number of nitrogens with one attached hydrogen (secondary N) is 2. The van der Waals surface area contributed by atoms with Crippen LogP contribution in [0.5, 0.6) is 0 Å². The van der Waals surface area contributed by atoms with Crippen LogP contribution in [0.1, 0.15) is 41.0 Å². The fourth-order valence-corrected chi connectivity index (χ4v) is 2.73. The van der Waals surface area contributed by atoms with Gasteiger partial charge in [-0.05, 0) is 32.8 Å². The molecule has 5 nitrogen and oxygen atoms in total. The third-order valence-corrected chi connectivity index (χ3v) is 3.70. The number of aromatic nitrogens is 2. The van der Waals surface area contributed by atoms with Gasteiger partial charge in [0.1, 0.15) is 5.69 Å². The number of nitrogens with zero attached hydrogens (tertiary/aromatic N) is 2. The zero-order valence-corrected chi connectivity index (χ0v) is 13.1. The molecule has 1 amide bonds. The van der Waals surface area contributed by atoms with Gasteiger partial charge in [0, 0.05) is 23.8 Å². The van der Waals surface area contributed by atoms with Gasteiger partial charge in [0.25, 0.3) is 5.91 Å². The quantitative estimate of drug-likeness (QED) is 0.909. The van der Waals surface area contributed by atoms with Crippen LogP contribution in [-0.4, -0.2) is 21.4 Å². The lowest BCUT2D eigenvalue weighted by molar-refractivity contribution is 0.0961. The number of hydrogen-bond donors (Lipinski definition) is 2. The number of hydrogen-bond acceptors (Lipinski definition) is 4. The van der Waals surface area contributed by atoms with Gasteiger partial charge in [-0.1, -0.05) is 29.8 Å². The monoisotopic (exact) mass is 296 g/mol. The third kappa shape index (κ3) is 3.08. The van der Waals surface area contributed by atoms with Crippen molar-refractivity contribution in [1.82, 2.24) is 15.3 Å². The van der Waals surface area contributed by atoms with E-state index in [1.807, 2.05) is 0 Å². The van der Waals surface area contributed by atoms with Crippen LogP contribution in [0.3, 0.4) is 0 Å². The predicted octanol–water partition coefficient (Wildman–Crippen LogP) is 2.46. The summed E-state index contributed by atoms with van der Waals surface area (Å²) in [5.41, 5.74) is 3.63. The van der Waals surface area contributed by atoms with Crippen LogP contribution in [-0.2, 0) is 13.0 Å². The molecule has 3 rings (SSSR count). The number of aryl methyl sites for hydroxylation is 1. The van der Waals surface area contributed by atoms with Crippen LogP contribution in [0.25, 0.3) is 0 Å². The molecule has 114 valence electrons. The number of rotatable bonds is 4. The molecule has 2 aromatic rings. The van der Waals surface area contributed by atoms with Gasteiger partial charge in [0.2, 0.25) is 5.95 Å². The summed E-state index contributed by atoms with van der Waals surface area (Å²) in [5, 5.41) is 6.09. The van der Waals surface area contributed by atoms with Gasteiger partial charge < -0.3 is 10.6 Å². The number of fused-ring (bicyclic) bond motifs is 1. The molecule has 1 aliphatic heterocycles. The minimum Gasteiger partial charge on any atom is -0.349 e. The minimum absolute atomic E-state index is 0.128. The van der Waals surface area contributed by atoms with Crippen LogP contribution in [0.2, 0.25) is 0 Å². The third-order valence-electron chi connectivity index (χ3n) is 3.70. The molecular weight excluding hydrogens is 276 g/mol. The first kappa shape index (κ1) is 14.5. The summed E-state index contributed by atoms with van der Waals surface area (Å²) >= 11 is 0. The second-order valence-corrected chi connectivity index (χ2v) is 6.42. The maximum absolute atomic E-state index is 11.7. The summed E-state index contributed by atoms with van der Waals surface area (Å²) in [4.78, 5) is 20.3. The van der Waals surface area contributed by atoms with E-state index < -0.39 is 0 Å². The van der Waals surface area contributed by atoms with Gasteiger partial charge in [-0.25, -0.2) is 9.97 Å². The highest BCUT2D eigenvalue weighted by Crippen LogP contribution is 2.20. The summed E-state index contributed by atoms with van der Waals surface area (Å²) < 4.78 is 0. The Bertz CT molecular complexity index is 724. The van der Waals surface area contributed by atoms with Gasteiger partial charge in [-0.2, -0.15) is 0 Å². The molecule has 5 heteroatoms. The molecule has 0 atom stereocenters. The number of anilines is 1. The largest absolute Gasteiger partial charge is 0.349 e. The van der Waals surface area contributed by atoms with Crippen LogP contribution in [0.15, 0.2) is 30.5 Å². The van der Waals surface area contributed by atoms with E-state index in [2.05, 4.69) is 65.6 Å². The van der Waals surface area contributed by atoms with Crippen molar-refractivity contribution in [2.24, 2.45) is 0 Å². The summed E-state index contributed by atoms with van der Waals surface area (Å²) in [7, 11) is 0. The zero-order chi connectivity index (χ0) is 15.7. The van der Waals surface area contributed by atoms with Gasteiger partial charge in [-0.15, -0.1) is 0 Å². The van der Waals surface area contributed by atoms with Crippen LogP contribution >= 0.6 is 0 Å². The molecule has 1 aliphatic rings. The van der Waals surface area contributed by atoms with Gasteiger partial charge in [-0.3, -0.25) is 4.79 Å². The molecule has 0 spiro atoms. The molecule has 0 radical (unpaired) electrons. The Morgan fingerprint density at radius 3 is 2.95 bits per heavy atom. The van der Waals surface area contributed by atoms with Crippen molar-refractivity contribution in [3.05, 3.63) is 52.8 Å². The Labute approximate surface area is 130 Å². The smallest absolute Gasteiger partial charge is 0.270 e. The molecule has 2 heterocycles. The van der Waals surface area contributed by atoms with E-state index in [0.29, 0.717) is 18.2 Å². The SMILES string of the molecule is Cc1cccc(CC(C)(C)Nc2ncc3c(n2)C(=O)NC3)c1. The summed E-state index contributed by atoms with van der Waals surface area (Å²) in [6.45, 7) is 6.81. The molecule has 2 N–H and O–H groups in total. The van der Waals surface area contributed by atoms with Gasteiger partial charge in [0.05, 0.1) is 0 Å². The maximum Gasteiger partial charge on any atom is 0.270 e. The van der Waals surface area contributed by atoms with Crippen molar-refractivity contribution in [2.45, 2.75) is 39.3 Å². The first-order valence-electron chi connectivity index (χ1n) is 7.41. The molecule has 0 unspecified atom stereocenters. The highest BCUT2D eigenvalue weighted by molar-refractivity contribution is 5.96. The Hall–Kier alpha value is -2.43. The molecule has 0 saturated carbocycles. The van der Waals surface area contributed by atoms with E-state index in [-0.39, 0.29) is 11.4 Å². The van der Waals surface area contributed by atoms with Crippen LogP contribution in [0, 0.1) is 6.92 Å². The fourth-order valence-electron chi connectivity index (χ4n) is 2.73. The molecule has 22 heavy (non-hydrogen) atoms. The van der Waals surface area contributed by atoms with Crippen molar-refractivity contribution < 1.29 is 4.79 Å². The summed E-state index contributed by atoms with van der Waals surface area (Å²) in [5.74, 6) is 0.366. The van der Waals surface area contributed by atoms with E-state index in [0.717, 1.165) is 12.0 Å². The fraction of sp³-hybridized carbons (Fsp3) is 0.353. The minimum atomic E-state index is -0.211. The summed E-state index contributed by atoms with van der Waals surface area (Å²) in [6.07, 6.45) is 2.56. The van der Waals surface area contributed by atoms with Crippen LogP contribution in [0.4, 0.5) is 5.95 Å². The Balaban J connectivity index is 1.77. The van der Waals surface area contributed by atoms with Gasteiger partial charge >= 0.3 is 0 Å². The molecule has 0 bridgehead atoms. The first-order valence-corrected chi connectivity index (χ1v) is 7.41. The first-order chi connectivity index (χ1) is 10.4. The van der Waals surface area contributed by atoms with Gasteiger partial charge in [0.15, 0.2) is 0 Å². The standard InChI is InChI=1S/C17H20N4O/c1-11-5-4-6-12(7-11)8-17(2,3)21-16-19-10-13-9-18-15(22)14(13)20-16/h4-7,10H,8-9H2,1-3H3,(H,18,22)(H,19,20,21). The van der Waals surface area contributed by atoms with Crippen molar-refractivity contribution in [2.75, 3.05) is 5.32 Å². The van der Waals surface area contributed by atoms with E-state index in [1.165, 1.54) is 11.1 Å². The Kier molecular flexibility index (Phi) is 3.56. The molecular formula is C17H20N4O. The molecule has 0 fully saturated rings. The molecule has 0 aliphatic carbocycles. The predicted molar refractivity (Wildman–Crippen MR) is 85.8 cm³/mol. The zero-order valence-electron chi connectivity index (χ0n) is 13.1. The molecule has 1 aromatic carbocycles. The lowest BCUT2D eigenvalue weighted by Crippen LogP contribution is -2.34. The molecule has 1 aromatic heterocycles. The number of amides is 1. The van der Waals surface area contributed by atoms with E-state index in [9.17, 15) is 4.79 Å². The van der Waals surface area contributed by atoms with E-state index >= 15 is 0 Å². The second kappa shape index (κ2) is 5.40. The Morgan fingerprint density at radius 1 is 1.36 bits per heavy atom. The highest BCUT2D eigenvalue weighted by atomic mass is 16.2. The van der Waals surface area contributed by atoms with Crippen LogP contribution < -0.4 is 10.6 Å². The second-order valence-electron chi connectivity index (χ2n) is 6.42. The van der Waals surface area contributed by atoms with Crippen molar-refractivity contribution in [3.8, 4) is 0 Å². The lowest BCUT2D eigenvalue weighted by Gasteiger charge is -2.26. The number of carbonyl (C=O) groups excluding carboxylic acids is 1. The Morgan fingerprint density at radius 2 is 2.18 bits per heavy atom. The average molecular weight is 296 g/mol. The maximum atomic E-state index is 11.7.